The van der Waals surface area contributed by atoms with Crippen LogP contribution in [0, 0.1) is 0 Å². The van der Waals surface area contributed by atoms with Gasteiger partial charge in [-0.05, 0) is 74.3 Å². The molecule has 29 heavy (non-hydrogen) atoms. The summed E-state index contributed by atoms with van der Waals surface area (Å²) in [5.41, 5.74) is 2.54. The average Bonchev–Trinajstić information content (AvgIpc) is 2.73. The van der Waals surface area contributed by atoms with Crippen molar-refractivity contribution in [1.82, 2.24) is 10.6 Å². The third kappa shape index (κ3) is 10.2. The Labute approximate surface area is 186 Å². The Bertz CT molecular complexity index is 681. The molecule has 0 aliphatic carbocycles. The molecule has 0 aliphatic rings. The molecule has 4 nitrogen and oxygen atoms in total. The largest absolute Gasteiger partial charge is 0.493 e. The third-order valence-electron chi connectivity index (χ3n) is 4.74. The summed E-state index contributed by atoms with van der Waals surface area (Å²) in [6.45, 7) is 4.01. The Morgan fingerprint density at radius 2 is 1.34 bits per heavy atom. The first kappa shape index (κ1) is 25.6. The molecule has 0 atom stereocenters. The Morgan fingerprint density at radius 1 is 0.724 bits per heavy atom. The highest BCUT2D eigenvalue weighted by Gasteiger charge is 2.04. The smallest absolute Gasteiger partial charge is 0.161 e. The van der Waals surface area contributed by atoms with Crippen LogP contribution in [0.5, 0.6) is 11.5 Å². The van der Waals surface area contributed by atoms with Gasteiger partial charge in [0.05, 0.1) is 14.2 Å². The van der Waals surface area contributed by atoms with Crippen molar-refractivity contribution in [3.63, 3.8) is 0 Å². The standard InChI is InChI=1S/C23H33ClN2O2.ClH/c1-27-22-12-9-20(17-23(22)28-2)18-26-15-6-4-3-5-14-25-16-13-19-7-10-21(24)11-8-19;/h7-12,17,25-26H,3-6,13-16,18H2,1-2H3;1H. The van der Waals surface area contributed by atoms with Crippen LogP contribution in [-0.4, -0.2) is 33.9 Å². The van der Waals surface area contributed by atoms with Crippen LogP contribution in [-0.2, 0) is 13.0 Å². The van der Waals surface area contributed by atoms with E-state index in [-0.39, 0.29) is 12.4 Å². The van der Waals surface area contributed by atoms with E-state index in [4.69, 9.17) is 21.1 Å². The Kier molecular flexibility index (Phi) is 13.6. The van der Waals surface area contributed by atoms with Gasteiger partial charge in [0.1, 0.15) is 0 Å². The minimum atomic E-state index is 0. The van der Waals surface area contributed by atoms with Gasteiger partial charge in [-0.1, -0.05) is 42.6 Å². The van der Waals surface area contributed by atoms with Crippen molar-refractivity contribution >= 4 is 24.0 Å². The molecular formula is C23H34Cl2N2O2. The van der Waals surface area contributed by atoms with Crippen LogP contribution in [0.3, 0.4) is 0 Å². The minimum Gasteiger partial charge on any atom is -0.493 e. The minimum absolute atomic E-state index is 0. The number of benzene rings is 2. The van der Waals surface area contributed by atoms with Crippen LogP contribution in [0.25, 0.3) is 0 Å². The van der Waals surface area contributed by atoms with E-state index in [9.17, 15) is 0 Å². The first-order valence-corrected chi connectivity index (χ1v) is 10.5. The molecule has 0 amide bonds. The fourth-order valence-corrected chi connectivity index (χ4v) is 3.21. The summed E-state index contributed by atoms with van der Waals surface area (Å²) in [6.07, 6.45) is 6.02. The zero-order valence-electron chi connectivity index (χ0n) is 17.5. The van der Waals surface area contributed by atoms with Crippen LogP contribution < -0.4 is 20.1 Å². The molecule has 6 heteroatoms. The number of nitrogens with one attached hydrogen (secondary N) is 2. The van der Waals surface area contributed by atoms with Gasteiger partial charge in [0.15, 0.2) is 11.5 Å². The topological polar surface area (TPSA) is 42.5 Å². The number of ether oxygens (including phenoxy) is 2. The predicted octanol–water partition coefficient (Wildman–Crippen LogP) is 5.26. The second-order valence-corrected chi connectivity index (χ2v) is 7.34. The van der Waals surface area contributed by atoms with E-state index in [1.807, 2.05) is 24.3 Å². The normalized spacial score (nSPS) is 10.4. The van der Waals surface area contributed by atoms with Gasteiger partial charge in [0, 0.05) is 11.6 Å². The lowest BCUT2D eigenvalue weighted by atomic mass is 10.1. The number of hydrogen-bond acceptors (Lipinski definition) is 4. The second-order valence-electron chi connectivity index (χ2n) is 6.91. The molecule has 2 aromatic carbocycles. The van der Waals surface area contributed by atoms with E-state index in [1.54, 1.807) is 14.2 Å². The number of methoxy groups -OCH3 is 2. The van der Waals surface area contributed by atoms with Crippen molar-refractivity contribution in [2.45, 2.75) is 38.6 Å². The highest BCUT2D eigenvalue weighted by Crippen LogP contribution is 2.27. The number of hydrogen-bond donors (Lipinski definition) is 2. The Morgan fingerprint density at radius 3 is 2.00 bits per heavy atom. The molecule has 0 spiro atoms. The van der Waals surface area contributed by atoms with E-state index < -0.39 is 0 Å². The molecule has 2 rings (SSSR count). The fourth-order valence-electron chi connectivity index (χ4n) is 3.09. The molecule has 0 bridgehead atoms. The fraction of sp³-hybridized carbons (Fsp3) is 0.478. The van der Waals surface area contributed by atoms with E-state index in [1.165, 1.54) is 36.8 Å². The van der Waals surface area contributed by atoms with E-state index >= 15 is 0 Å². The molecule has 0 fully saturated rings. The molecule has 0 aliphatic heterocycles. The van der Waals surface area contributed by atoms with E-state index in [2.05, 4.69) is 28.8 Å². The molecule has 0 radical (unpaired) electrons. The van der Waals surface area contributed by atoms with Gasteiger partial charge in [-0.3, -0.25) is 0 Å². The zero-order valence-corrected chi connectivity index (χ0v) is 19.1. The second kappa shape index (κ2) is 15.4. The SMILES string of the molecule is COc1ccc(CNCCCCCCNCCc2ccc(Cl)cc2)cc1OC.Cl. The first-order valence-electron chi connectivity index (χ1n) is 10.1. The molecule has 0 saturated carbocycles. The van der Waals surface area contributed by atoms with E-state index in [0.29, 0.717) is 0 Å². The van der Waals surface area contributed by atoms with Gasteiger partial charge in [0.2, 0.25) is 0 Å². The summed E-state index contributed by atoms with van der Waals surface area (Å²) in [6, 6.07) is 14.2. The highest BCUT2D eigenvalue weighted by atomic mass is 35.5. The molecule has 0 unspecified atom stereocenters. The van der Waals surface area contributed by atoms with Gasteiger partial charge in [-0.15, -0.1) is 12.4 Å². The predicted molar refractivity (Wildman–Crippen MR) is 125 cm³/mol. The number of halogens is 2. The maximum absolute atomic E-state index is 5.90. The van der Waals surface area contributed by atoms with Crippen molar-refractivity contribution in [3.8, 4) is 11.5 Å². The molecule has 0 saturated heterocycles. The lowest BCUT2D eigenvalue weighted by Gasteiger charge is -2.10. The van der Waals surface area contributed by atoms with Crippen LogP contribution in [0.1, 0.15) is 36.8 Å². The van der Waals surface area contributed by atoms with Crippen molar-refractivity contribution in [1.29, 1.82) is 0 Å². The molecule has 0 aromatic heterocycles. The molecular weight excluding hydrogens is 407 g/mol. The molecule has 2 N–H and O–H groups in total. The monoisotopic (exact) mass is 440 g/mol. The maximum atomic E-state index is 5.90. The van der Waals surface area contributed by atoms with Gasteiger partial charge in [0.25, 0.3) is 0 Å². The summed E-state index contributed by atoms with van der Waals surface area (Å²) >= 11 is 5.90. The van der Waals surface area contributed by atoms with Crippen molar-refractivity contribution < 1.29 is 9.47 Å². The summed E-state index contributed by atoms with van der Waals surface area (Å²) in [5, 5.41) is 7.82. The molecule has 0 heterocycles. The first-order chi connectivity index (χ1) is 13.7. The van der Waals surface area contributed by atoms with Crippen molar-refractivity contribution in [2.24, 2.45) is 0 Å². The van der Waals surface area contributed by atoms with Crippen LogP contribution in [0.2, 0.25) is 5.02 Å². The summed E-state index contributed by atoms with van der Waals surface area (Å²) < 4.78 is 10.6. The number of unbranched alkanes of at least 4 members (excludes halogenated alkanes) is 3. The van der Waals surface area contributed by atoms with E-state index in [0.717, 1.165) is 49.1 Å². The quantitative estimate of drug-likeness (QED) is 0.393. The molecule has 162 valence electrons. The van der Waals surface area contributed by atoms with Crippen molar-refractivity contribution in [3.05, 3.63) is 58.6 Å². The van der Waals surface area contributed by atoms with Gasteiger partial charge >= 0.3 is 0 Å². The lowest BCUT2D eigenvalue weighted by molar-refractivity contribution is 0.354. The van der Waals surface area contributed by atoms with Crippen LogP contribution in [0.4, 0.5) is 0 Å². The Balaban J connectivity index is 0.00000420. The Hall–Kier alpha value is -1.46. The summed E-state index contributed by atoms with van der Waals surface area (Å²) in [7, 11) is 3.33. The molecule has 2 aromatic rings. The van der Waals surface area contributed by atoms with Crippen LogP contribution in [0.15, 0.2) is 42.5 Å². The van der Waals surface area contributed by atoms with Gasteiger partial charge in [-0.2, -0.15) is 0 Å². The highest BCUT2D eigenvalue weighted by molar-refractivity contribution is 6.30. The maximum Gasteiger partial charge on any atom is 0.161 e. The van der Waals surface area contributed by atoms with Gasteiger partial charge in [-0.25, -0.2) is 0 Å². The van der Waals surface area contributed by atoms with Crippen molar-refractivity contribution in [2.75, 3.05) is 33.9 Å². The van der Waals surface area contributed by atoms with Crippen LogP contribution >= 0.6 is 24.0 Å². The lowest BCUT2D eigenvalue weighted by Crippen LogP contribution is -2.18. The van der Waals surface area contributed by atoms with Gasteiger partial charge < -0.3 is 20.1 Å². The number of rotatable bonds is 14. The third-order valence-corrected chi connectivity index (χ3v) is 4.99. The summed E-state index contributed by atoms with van der Waals surface area (Å²) in [4.78, 5) is 0. The zero-order chi connectivity index (χ0) is 20.0. The summed E-state index contributed by atoms with van der Waals surface area (Å²) in [5.74, 6) is 1.55. The average molecular weight is 441 g/mol.